The summed E-state index contributed by atoms with van der Waals surface area (Å²) in [6, 6.07) is 3.90. The maximum atomic E-state index is 14.2. The van der Waals surface area contributed by atoms with E-state index >= 15 is 0 Å². The number of amides is 2. The van der Waals surface area contributed by atoms with E-state index in [0.29, 0.717) is 52.6 Å². The summed E-state index contributed by atoms with van der Waals surface area (Å²) in [4.78, 5) is 40.2. The number of hydrogen-bond donors (Lipinski definition) is 3. The molecule has 0 spiro atoms. The number of anilines is 1. The fourth-order valence-electron chi connectivity index (χ4n) is 4.76. The number of rotatable bonds is 8. The Morgan fingerprint density at radius 2 is 2.00 bits per heavy atom. The standard InChI is InChI=1S/C27H27ClF2N6O4/c1-14(25(38)34-22(13-37)24-21(30)9-17(29)10-31-24)36-12-16-3-2-15(8-19(16)26(36)39)23-20(28)11-32-27(35-23)33-18-4-6-40-7-5-18/h2-3,8-11,14,18,22,37H,4-7,12-13H2,1H3,(H,34,38)(H,32,33,35)/t14-,22-/m1/s1. The largest absolute Gasteiger partial charge is 0.394 e. The molecule has 0 aliphatic carbocycles. The lowest BCUT2D eigenvalue weighted by atomic mass is 10.0. The summed E-state index contributed by atoms with van der Waals surface area (Å²) < 4.78 is 32.8. The molecule has 2 atom stereocenters. The summed E-state index contributed by atoms with van der Waals surface area (Å²) in [7, 11) is 0. The third-order valence-electron chi connectivity index (χ3n) is 7.03. The first kappa shape index (κ1) is 27.8. The fraction of sp³-hybridized carbons (Fsp3) is 0.370. The lowest BCUT2D eigenvalue weighted by Crippen LogP contribution is -2.47. The Bertz CT molecular complexity index is 1440. The highest BCUT2D eigenvalue weighted by molar-refractivity contribution is 6.33. The number of aliphatic hydroxyl groups is 1. The molecule has 0 unspecified atom stereocenters. The van der Waals surface area contributed by atoms with Crippen LogP contribution in [0.4, 0.5) is 14.7 Å². The molecule has 13 heteroatoms. The van der Waals surface area contributed by atoms with Gasteiger partial charge in [0.1, 0.15) is 23.4 Å². The number of ether oxygens (including phenoxy) is 1. The van der Waals surface area contributed by atoms with Crippen LogP contribution in [-0.2, 0) is 16.1 Å². The zero-order chi connectivity index (χ0) is 28.4. The number of aliphatic hydroxyl groups excluding tert-OH is 1. The van der Waals surface area contributed by atoms with Crippen molar-refractivity contribution in [3.8, 4) is 11.3 Å². The van der Waals surface area contributed by atoms with Gasteiger partial charge in [-0.05, 0) is 31.4 Å². The van der Waals surface area contributed by atoms with E-state index in [2.05, 4.69) is 25.6 Å². The minimum atomic E-state index is -1.22. The van der Waals surface area contributed by atoms with Crippen LogP contribution in [0.2, 0.25) is 5.02 Å². The van der Waals surface area contributed by atoms with E-state index in [1.807, 2.05) is 0 Å². The van der Waals surface area contributed by atoms with Gasteiger partial charge in [0.15, 0.2) is 0 Å². The Morgan fingerprint density at radius 3 is 2.73 bits per heavy atom. The van der Waals surface area contributed by atoms with Crippen LogP contribution in [0, 0.1) is 11.6 Å². The maximum absolute atomic E-state index is 14.2. The molecule has 3 N–H and O–H groups in total. The first-order valence-corrected chi connectivity index (χ1v) is 13.2. The number of carbonyl (C=O) groups excluding carboxylic acids is 2. The molecular formula is C27H27ClF2N6O4. The topological polar surface area (TPSA) is 130 Å². The number of carbonyl (C=O) groups is 2. The monoisotopic (exact) mass is 572 g/mol. The summed E-state index contributed by atoms with van der Waals surface area (Å²) in [5, 5.41) is 15.8. The van der Waals surface area contributed by atoms with Crippen LogP contribution in [-0.4, -0.2) is 68.7 Å². The number of hydrogen-bond acceptors (Lipinski definition) is 8. The van der Waals surface area contributed by atoms with Gasteiger partial charge in [-0.1, -0.05) is 23.7 Å². The zero-order valence-corrected chi connectivity index (χ0v) is 22.3. The molecule has 1 fully saturated rings. The molecule has 0 radical (unpaired) electrons. The first-order valence-electron chi connectivity index (χ1n) is 12.8. The average molecular weight is 573 g/mol. The van der Waals surface area contributed by atoms with Gasteiger partial charge in [0.25, 0.3) is 5.91 Å². The lowest BCUT2D eigenvalue weighted by Gasteiger charge is -2.25. The van der Waals surface area contributed by atoms with E-state index < -0.39 is 36.2 Å². The summed E-state index contributed by atoms with van der Waals surface area (Å²) in [5.41, 5.74) is 1.88. The number of aromatic nitrogens is 3. The van der Waals surface area contributed by atoms with Crippen LogP contribution >= 0.6 is 11.6 Å². The van der Waals surface area contributed by atoms with Crippen molar-refractivity contribution >= 4 is 29.4 Å². The van der Waals surface area contributed by atoms with E-state index in [9.17, 15) is 23.5 Å². The molecular weight excluding hydrogens is 546 g/mol. The van der Waals surface area contributed by atoms with Crippen LogP contribution in [0.5, 0.6) is 0 Å². The van der Waals surface area contributed by atoms with Crippen molar-refractivity contribution in [1.29, 1.82) is 0 Å². The second kappa shape index (κ2) is 11.8. The van der Waals surface area contributed by atoms with Crippen molar-refractivity contribution in [1.82, 2.24) is 25.2 Å². The highest BCUT2D eigenvalue weighted by atomic mass is 35.5. The average Bonchev–Trinajstić information content (AvgIpc) is 3.28. The number of halogens is 3. The Balaban J connectivity index is 1.31. The molecule has 4 heterocycles. The highest BCUT2D eigenvalue weighted by Crippen LogP contribution is 2.32. The van der Waals surface area contributed by atoms with E-state index in [4.69, 9.17) is 16.3 Å². The van der Waals surface area contributed by atoms with Crippen molar-refractivity contribution in [2.45, 2.75) is 44.4 Å². The second-order valence-electron chi connectivity index (χ2n) is 9.67. The van der Waals surface area contributed by atoms with Crippen LogP contribution in [0.15, 0.2) is 36.7 Å². The van der Waals surface area contributed by atoms with Crippen molar-refractivity contribution in [2.24, 2.45) is 0 Å². The zero-order valence-electron chi connectivity index (χ0n) is 21.5. The molecule has 2 aromatic heterocycles. The lowest BCUT2D eigenvalue weighted by molar-refractivity contribution is -0.126. The van der Waals surface area contributed by atoms with Crippen LogP contribution in [0.1, 0.15) is 47.4 Å². The fourth-order valence-corrected chi connectivity index (χ4v) is 4.96. The molecule has 10 nitrogen and oxygen atoms in total. The molecule has 5 rings (SSSR count). The predicted octanol–water partition coefficient (Wildman–Crippen LogP) is 3.26. The Hall–Kier alpha value is -3.74. The van der Waals surface area contributed by atoms with Gasteiger partial charge in [-0.25, -0.2) is 18.7 Å². The molecule has 2 aliphatic heterocycles. The molecule has 0 saturated carbocycles. The summed E-state index contributed by atoms with van der Waals surface area (Å²) in [6.07, 6.45) is 3.98. The smallest absolute Gasteiger partial charge is 0.255 e. The Labute approximate surface area is 233 Å². The van der Waals surface area contributed by atoms with Gasteiger partial charge in [0.2, 0.25) is 11.9 Å². The van der Waals surface area contributed by atoms with Gasteiger partial charge >= 0.3 is 0 Å². The van der Waals surface area contributed by atoms with Crippen molar-refractivity contribution < 1.29 is 28.2 Å². The minimum absolute atomic E-state index is 0.171. The second-order valence-corrected chi connectivity index (χ2v) is 10.1. The summed E-state index contributed by atoms with van der Waals surface area (Å²) >= 11 is 6.42. The SMILES string of the molecule is C[C@H](C(=O)N[C@H](CO)c1ncc(F)cc1F)N1Cc2ccc(-c3nc(NC4CCOCC4)ncc3Cl)cc2C1=O. The quantitative estimate of drug-likeness (QED) is 0.375. The molecule has 2 aliphatic rings. The molecule has 210 valence electrons. The molecule has 3 aromatic rings. The number of pyridine rings is 1. The van der Waals surface area contributed by atoms with Gasteiger partial charge in [0, 0.05) is 43.0 Å². The van der Waals surface area contributed by atoms with Crippen molar-refractivity contribution in [3.05, 3.63) is 70.1 Å². The number of nitrogens with one attached hydrogen (secondary N) is 2. The third-order valence-corrected chi connectivity index (χ3v) is 7.30. The molecule has 40 heavy (non-hydrogen) atoms. The molecule has 1 saturated heterocycles. The van der Waals surface area contributed by atoms with E-state index in [1.54, 1.807) is 18.2 Å². The number of fused-ring (bicyclic) bond motifs is 1. The highest BCUT2D eigenvalue weighted by Gasteiger charge is 2.35. The molecule has 0 bridgehead atoms. The Kier molecular flexibility index (Phi) is 8.19. The van der Waals surface area contributed by atoms with Gasteiger partial charge < -0.3 is 25.4 Å². The van der Waals surface area contributed by atoms with Gasteiger partial charge in [-0.15, -0.1) is 0 Å². The third kappa shape index (κ3) is 5.74. The summed E-state index contributed by atoms with van der Waals surface area (Å²) in [6.45, 7) is 2.36. The van der Waals surface area contributed by atoms with Gasteiger partial charge in [0.05, 0.1) is 35.8 Å². The molecule has 2 amide bonds. The van der Waals surface area contributed by atoms with E-state index in [-0.39, 0.29) is 24.2 Å². The Morgan fingerprint density at radius 1 is 1.23 bits per heavy atom. The van der Waals surface area contributed by atoms with Gasteiger partial charge in [-0.2, -0.15) is 0 Å². The van der Waals surface area contributed by atoms with E-state index in [0.717, 1.165) is 19.0 Å². The van der Waals surface area contributed by atoms with Crippen molar-refractivity contribution in [3.63, 3.8) is 0 Å². The van der Waals surface area contributed by atoms with Crippen LogP contribution < -0.4 is 10.6 Å². The van der Waals surface area contributed by atoms with Gasteiger partial charge in [-0.3, -0.25) is 14.6 Å². The predicted molar refractivity (Wildman–Crippen MR) is 141 cm³/mol. The normalized spacial score (nSPS) is 16.9. The van der Waals surface area contributed by atoms with Crippen LogP contribution in [0.3, 0.4) is 0 Å². The maximum Gasteiger partial charge on any atom is 0.255 e. The first-order chi connectivity index (χ1) is 19.2. The van der Waals surface area contributed by atoms with Crippen molar-refractivity contribution in [2.75, 3.05) is 25.1 Å². The summed E-state index contributed by atoms with van der Waals surface area (Å²) in [5.74, 6) is -2.47. The number of benzene rings is 1. The number of nitrogens with zero attached hydrogens (tertiary/aromatic N) is 4. The van der Waals surface area contributed by atoms with E-state index in [1.165, 1.54) is 18.0 Å². The van der Waals surface area contributed by atoms with Crippen LogP contribution in [0.25, 0.3) is 11.3 Å². The molecule has 1 aromatic carbocycles. The minimum Gasteiger partial charge on any atom is -0.394 e.